The van der Waals surface area contributed by atoms with Gasteiger partial charge in [-0.25, -0.2) is 12.7 Å². The maximum absolute atomic E-state index is 12.5. The summed E-state index contributed by atoms with van der Waals surface area (Å²) in [5.74, 6) is 0.156. The summed E-state index contributed by atoms with van der Waals surface area (Å²) in [5, 5.41) is 2.74. The zero-order chi connectivity index (χ0) is 18.6. The van der Waals surface area contributed by atoms with Gasteiger partial charge in [0.25, 0.3) is 5.91 Å². The van der Waals surface area contributed by atoms with E-state index in [0.29, 0.717) is 17.0 Å². The van der Waals surface area contributed by atoms with Crippen molar-refractivity contribution in [2.75, 3.05) is 32.8 Å². The number of sulfonamides is 1. The number of benzene rings is 2. The Hall–Kier alpha value is -2.03. The summed E-state index contributed by atoms with van der Waals surface area (Å²) in [6.07, 6.45) is 1.94. The van der Waals surface area contributed by atoms with Gasteiger partial charge in [0, 0.05) is 24.7 Å². The molecule has 0 aliphatic rings. The van der Waals surface area contributed by atoms with E-state index in [9.17, 15) is 13.2 Å². The van der Waals surface area contributed by atoms with E-state index in [1.807, 2.05) is 12.3 Å². The van der Waals surface area contributed by atoms with Crippen molar-refractivity contribution in [2.24, 2.45) is 0 Å². The van der Waals surface area contributed by atoms with Crippen LogP contribution in [-0.4, -0.2) is 46.1 Å². The van der Waals surface area contributed by atoms with Gasteiger partial charge in [0.05, 0.1) is 17.6 Å². The van der Waals surface area contributed by atoms with Gasteiger partial charge in [0.15, 0.2) is 0 Å². The number of amides is 1. The molecule has 6 nitrogen and oxygen atoms in total. The number of rotatable bonds is 6. The van der Waals surface area contributed by atoms with Crippen LogP contribution in [0, 0.1) is 0 Å². The quantitative estimate of drug-likeness (QED) is 0.780. The van der Waals surface area contributed by atoms with Crippen molar-refractivity contribution in [3.05, 3.63) is 48.0 Å². The van der Waals surface area contributed by atoms with E-state index < -0.39 is 10.0 Å². The Kier molecular flexibility index (Phi) is 6.10. The smallest absolute Gasteiger partial charge is 0.259 e. The SMILES string of the molecule is COc1cc(SC)ccc1C(=O)Nc1ccc(S(=O)(=O)N(C)C)cc1. The van der Waals surface area contributed by atoms with Gasteiger partial charge in [-0.3, -0.25) is 4.79 Å². The number of carbonyl (C=O) groups is 1. The molecule has 0 unspecified atom stereocenters. The molecule has 0 aromatic heterocycles. The first kappa shape index (κ1) is 19.3. The minimum atomic E-state index is -3.49. The predicted octanol–water partition coefficient (Wildman–Crippen LogP) is 2.92. The van der Waals surface area contributed by atoms with Crippen LogP contribution in [0.2, 0.25) is 0 Å². The molecular weight excluding hydrogens is 360 g/mol. The van der Waals surface area contributed by atoms with Crippen LogP contribution < -0.4 is 10.1 Å². The standard InChI is InChI=1S/C17H20N2O4S2/c1-19(2)25(21,22)14-8-5-12(6-9-14)18-17(20)15-10-7-13(24-4)11-16(15)23-3/h5-11H,1-4H3,(H,18,20). The van der Waals surface area contributed by atoms with Crippen LogP contribution in [0.15, 0.2) is 52.3 Å². The molecule has 134 valence electrons. The van der Waals surface area contributed by atoms with E-state index in [1.165, 1.54) is 33.3 Å². The van der Waals surface area contributed by atoms with Gasteiger partial charge in [-0.2, -0.15) is 0 Å². The molecule has 1 amide bonds. The molecule has 0 saturated carbocycles. The molecule has 2 aromatic carbocycles. The van der Waals surface area contributed by atoms with Crippen LogP contribution in [0.25, 0.3) is 0 Å². The van der Waals surface area contributed by atoms with Crippen molar-refractivity contribution in [1.29, 1.82) is 0 Å². The summed E-state index contributed by atoms with van der Waals surface area (Å²) in [4.78, 5) is 13.6. The predicted molar refractivity (Wildman–Crippen MR) is 100 cm³/mol. The number of anilines is 1. The molecule has 0 aliphatic heterocycles. The normalized spacial score (nSPS) is 11.4. The van der Waals surface area contributed by atoms with Crippen LogP contribution in [-0.2, 0) is 10.0 Å². The van der Waals surface area contributed by atoms with E-state index in [4.69, 9.17) is 4.74 Å². The van der Waals surface area contributed by atoms with E-state index in [0.717, 1.165) is 9.20 Å². The van der Waals surface area contributed by atoms with E-state index in [2.05, 4.69) is 5.32 Å². The maximum Gasteiger partial charge on any atom is 0.259 e. The molecule has 8 heteroatoms. The summed E-state index contributed by atoms with van der Waals surface area (Å²) in [5.41, 5.74) is 0.906. The number of methoxy groups -OCH3 is 1. The van der Waals surface area contributed by atoms with Crippen LogP contribution in [0.4, 0.5) is 5.69 Å². The lowest BCUT2D eigenvalue weighted by molar-refractivity contribution is 0.102. The third-order valence-corrected chi connectivity index (χ3v) is 6.10. The maximum atomic E-state index is 12.5. The first-order valence-electron chi connectivity index (χ1n) is 7.35. The zero-order valence-corrected chi connectivity index (χ0v) is 16.1. The Balaban J connectivity index is 2.22. The Labute approximate surface area is 152 Å². The first-order chi connectivity index (χ1) is 11.8. The van der Waals surface area contributed by atoms with Crippen LogP contribution in [0.5, 0.6) is 5.75 Å². The molecule has 0 atom stereocenters. The van der Waals surface area contributed by atoms with Crippen molar-refractivity contribution in [3.63, 3.8) is 0 Å². The molecule has 0 radical (unpaired) electrons. The van der Waals surface area contributed by atoms with Gasteiger partial charge in [-0.1, -0.05) is 0 Å². The highest BCUT2D eigenvalue weighted by molar-refractivity contribution is 7.98. The molecule has 1 N–H and O–H groups in total. The molecule has 0 saturated heterocycles. The lowest BCUT2D eigenvalue weighted by Crippen LogP contribution is -2.22. The largest absolute Gasteiger partial charge is 0.496 e. The van der Waals surface area contributed by atoms with Gasteiger partial charge in [-0.05, 0) is 48.7 Å². The Bertz CT molecular complexity index is 863. The van der Waals surface area contributed by atoms with Gasteiger partial charge in [0.2, 0.25) is 10.0 Å². The summed E-state index contributed by atoms with van der Waals surface area (Å²) >= 11 is 1.56. The van der Waals surface area contributed by atoms with Crippen LogP contribution >= 0.6 is 11.8 Å². The van der Waals surface area contributed by atoms with Gasteiger partial charge < -0.3 is 10.1 Å². The molecule has 0 fully saturated rings. The lowest BCUT2D eigenvalue weighted by atomic mass is 10.2. The van der Waals surface area contributed by atoms with Gasteiger partial charge >= 0.3 is 0 Å². The zero-order valence-electron chi connectivity index (χ0n) is 14.4. The fourth-order valence-electron chi connectivity index (χ4n) is 2.11. The van der Waals surface area contributed by atoms with Crippen LogP contribution in [0.3, 0.4) is 0 Å². The van der Waals surface area contributed by atoms with E-state index in [-0.39, 0.29) is 10.8 Å². The fraction of sp³-hybridized carbons (Fsp3) is 0.235. The average Bonchev–Trinajstić information content (AvgIpc) is 2.61. The molecular formula is C17H20N2O4S2. The molecule has 0 heterocycles. The first-order valence-corrected chi connectivity index (χ1v) is 10.0. The minimum absolute atomic E-state index is 0.164. The lowest BCUT2D eigenvalue weighted by Gasteiger charge is -2.13. The Morgan fingerprint density at radius 1 is 1.12 bits per heavy atom. The highest BCUT2D eigenvalue weighted by Gasteiger charge is 2.17. The number of carbonyl (C=O) groups excluding carboxylic acids is 1. The molecule has 2 rings (SSSR count). The number of nitrogens with zero attached hydrogens (tertiary/aromatic N) is 1. The number of thioether (sulfide) groups is 1. The van der Waals surface area contributed by atoms with E-state index in [1.54, 1.807) is 36.0 Å². The second kappa shape index (κ2) is 7.90. The van der Waals surface area contributed by atoms with E-state index >= 15 is 0 Å². The third-order valence-electron chi connectivity index (χ3n) is 3.54. The minimum Gasteiger partial charge on any atom is -0.496 e. The van der Waals surface area contributed by atoms with Gasteiger partial charge in [-0.15, -0.1) is 11.8 Å². The van der Waals surface area contributed by atoms with Crippen molar-refractivity contribution in [2.45, 2.75) is 9.79 Å². The van der Waals surface area contributed by atoms with Crippen LogP contribution in [0.1, 0.15) is 10.4 Å². The van der Waals surface area contributed by atoms with Crippen molar-refractivity contribution >= 4 is 33.4 Å². The highest BCUT2D eigenvalue weighted by atomic mass is 32.2. The summed E-state index contributed by atoms with van der Waals surface area (Å²) in [7, 11) is 0.952. The number of hydrogen-bond acceptors (Lipinski definition) is 5. The second-order valence-corrected chi connectivity index (χ2v) is 8.36. The molecule has 25 heavy (non-hydrogen) atoms. The number of hydrogen-bond donors (Lipinski definition) is 1. The fourth-order valence-corrected chi connectivity index (χ4v) is 3.44. The highest BCUT2D eigenvalue weighted by Crippen LogP contribution is 2.26. The second-order valence-electron chi connectivity index (χ2n) is 5.33. The van der Waals surface area contributed by atoms with Crippen molar-refractivity contribution < 1.29 is 17.9 Å². The summed E-state index contributed by atoms with van der Waals surface area (Å²) < 4.78 is 30.5. The summed E-state index contributed by atoms with van der Waals surface area (Å²) in [6, 6.07) is 11.4. The van der Waals surface area contributed by atoms with Crippen molar-refractivity contribution in [1.82, 2.24) is 4.31 Å². The molecule has 0 bridgehead atoms. The summed E-state index contributed by atoms with van der Waals surface area (Å²) in [6.45, 7) is 0. The molecule has 0 spiro atoms. The molecule has 0 aliphatic carbocycles. The topological polar surface area (TPSA) is 75.7 Å². The third kappa shape index (κ3) is 4.33. The van der Waals surface area contributed by atoms with Gasteiger partial charge in [0.1, 0.15) is 5.75 Å². The monoisotopic (exact) mass is 380 g/mol. The number of ether oxygens (including phenoxy) is 1. The average molecular weight is 380 g/mol. The molecule has 2 aromatic rings. The Morgan fingerprint density at radius 3 is 2.28 bits per heavy atom. The Morgan fingerprint density at radius 2 is 1.76 bits per heavy atom. The van der Waals surface area contributed by atoms with Crippen molar-refractivity contribution in [3.8, 4) is 5.75 Å². The number of nitrogens with one attached hydrogen (secondary N) is 1.